The van der Waals surface area contributed by atoms with Gasteiger partial charge in [-0.1, -0.05) is 36.8 Å². The summed E-state index contributed by atoms with van der Waals surface area (Å²) in [6.45, 7) is 7.84. The summed E-state index contributed by atoms with van der Waals surface area (Å²) in [5, 5.41) is 16.9. The fourth-order valence-electron chi connectivity index (χ4n) is 3.52. The number of carbonyl (C=O) groups is 2. The van der Waals surface area contributed by atoms with Gasteiger partial charge < -0.3 is 25.6 Å². The molecule has 30 heavy (non-hydrogen) atoms. The number of carboxylic acid groups (broad SMARTS) is 1. The molecule has 2 aromatic heterocycles. The number of imidazole rings is 1. The van der Waals surface area contributed by atoms with Crippen LogP contribution in [0.2, 0.25) is 5.15 Å². The molecule has 0 radical (unpaired) electrons. The van der Waals surface area contributed by atoms with Crippen LogP contribution < -0.4 is 15.5 Å². The van der Waals surface area contributed by atoms with Crippen LogP contribution in [0, 0.1) is 6.92 Å². The van der Waals surface area contributed by atoms with Gasteiger partial charge in [0, 0.05) is 25.2 Å². The number of thiazole rings is 1. The SMILES string of the molecule is CCCN[C@@H]1CN(c2nc(C)c(C(=O)O)s2)CC[C@H]1NC(=O)c1nc(Cl)c(CC)[nH]1. The van der Waals surface area contributed by atoms with E-state index in [0.29, 0.717) is 41.9 Å². The van der Waals surface area contributed by atoms with Crippen molar-refractivity contribution in [2.45, 2.75) is 52.1 Å². The van der Waals surface area contributed by atoms with Crippen LogP contribution in [0.1, 0.15) is 58.4 Å². The summed E-state index contributed by atoms with van der Waals surface area (Å²) in [7, 11) is 0. The normalized spacial score (nSPS) is 19.1. The second-order valence-corrected chi connectivity index (χ2v) is 8.64. The number of aromatic carboxylic acids is 1. The van der Waals surface area contributed by atoms with Crippen molar-refractivity contribution >= 4 is 39.9 Å². The highest BCUT2D eigenvalue weighted by Gasteiger charge is 2.32. The zero-order valence-corrected chi connectivity index (χ0v) is 18.9. The maximum Gasteiger partial charge on any atom is 0.347 e. The monoisotopic (exact) mass is 454 g/mol. The van der Waals surface area contributed by atoms with Gasteiger partial charge in [-0.15, -0.1) is 0 Å². The second kappa shape index (κ2) is 9.76. The van der Waals surface area contributed by atoms with Crippen LogP contribution in [0.25, 0.3) is 0 Å². The number of nitrogens with zero attached hydrogens (tertiary/aromatic N) is 3. The third-order valence-corrected chi connectivity index (χ3v) is 6.65. The van der Waals surface area contributed by atoms with Crippen molar-refractivity contribution in [2.75, 3.05) is 24.5 Å². The first-order chi connectivity index (χ1) is 14.3. The molecule has 164 valence electrons. The molecule has 11 heteroatoms. The molecule has 9 nitrogen and oxygen atoms in total. The van der Waals surface area contributed by atoms with E-state index in [1.54, 1.807) is 6.92 Å². The molecule has 0 bridgehead atoms. The number of hydrogen-bond acceptors (Lipinski definition) is 7. The summed E-state index contributed by atoms with van der Waals surface area (Å²) in [5.41, 5.74) is 1.27. The van der Waals surface area contributed by atoms with E-state index in [-0.39, 0.29) is 28.7 Å². The summed E-state index contributed by atoms with van der Waals surface area (Å²) >= 11 is 7.25. The molecule has 0 unspecified atom stereocenters. The number of hydrogen-bond donors (Lipinski definition) is 4. The van der Waals surface area contributed by atoms with E-state index in [0.717, 1.165) is 18.7 Å². The molecule has 3 rings (SSSR count). The predicted octanol–water partition coefficient (Wildman–Crippen LogP) is 2.47. The Bertz CT molecular complexity index is 914. The number of aromatic amines is 1. The number of halogens is 1. The number of rotatable bonds is 8. The van der Waals surface area contributed by atoms with E-state index in [9.17, 15) is 14.7 Å². The Hall–Kier alpha value is -2.17. The quantitative estimate of drug-likeness (QED) is 0.483. The van der Waals surface area contributed by atoms with Crippen LogP contribution in [-0.2, 0) is 6.42 Å². The Balaban J connectivity index is 1.72. The van der Waals surface area contributed by atoms with E-state index in [1.807, 2.05) is 6.92 Å². The van der Waals surface area contributed by atoms with Crippen LogP contribution in [0.4, 0.5) is 5.13 Å². The van der Waals surface area contributed by atoms with E-state index in [1.165, 1.54) is 11.3 Å². The molecule has 4 N–H and O–H groups in total. The Morgan fingerprint density at radius 1 is 1.33 bits per heavy atom. The summed E-state index contributed by atoms with van der Waals surface area (Å²) in [6.07, 6.45) is 2.33. The van der Waals surface area contributed by atoms with Gasteiger partial charge in [-0.3, -0.25) is 4.79 Å². The molecule has 1 amide bonds. The van der Waals surface area contributed by atoms with Gasteiger partial charge in [-0.25, -0.2) is 14.8 Å². The molecule has 0 aliphatic carbocycles. The van der Waals surface area contributed by atoms with Crippen molar-refractivity contribution in [3.8, 4) is 0 Å². The maximum atomic E-state index is 12.7. The lowest BCUT2D eigenvalue weighted by Crippen LogP contribution is -2.59. The highest BCUT2D eigenvalue weighted by atomic mass is 35.5. The number of amides is 1. The Kier molecular flexibility index (Phi) is 7.32. The molecule has 1 aliphatic heterocycles. The van der Waals surface area contributed by atoms with Gasteiger partial charge >= 0.3 is 5.97 Å². The first kappa shape index (κ1) is 22.5. The molecule has 3 heterocycles. The maximum absolute atomic E-state index is 12.7. The van der Waals surface area contributed by atoms with Crippen molar-refractivity contribution in [3.63, 3.8) is 0 Å². The molecule has 2 aromatic rings. The van der Waals surface area contributed by atoms with Gasteiger partial charge in [-0.2, -0.15) is 0 Å². The largest absolute Gasteiger partial charge is 0.477 e. The summed E-state index contributed by atoms with van der Waals surface area (Å²) in [4.78, 5) is 38.0. The van der Waals surface area contributed by atoms with Crippen LogP contribution in [-0.4, -0.2) is 63.7 Å². The third kappa shape index (κ3) is 4.93. The Labute approximate surface area is 184 Å². The Morgan fingerprint density at radius 3 is 2.70 bits per heavy atom. The second-order valence-electron chi connectivity index (χ2n) is 7.30. The van der Waals surface area contributed by atoms with Gasteiger partial charge in [-0.05, 0) is 32.7 Å². The van der Waals surface area contributed by atoms with Gasteiger partial charge in [0.25, 0.3) is 5.91 Å². The highest BCUT2D eigenvalue weighted by Crippen LogP contribution is 2.28. The minimum absolute atomic E-state index is 0.00351. The van der Waals surface area contributed by atoms with Gasteiger partial charge in [0.2, 0.25) is 0 Å². The lowest BCUT2D eigenvalue weighted by Gasteiger charge is -2.39. The molecule has 2 atom stereocenters. The molecule has 0 saturated carbocycles. The minimum atomic E-state index is -0.956. The number of piperidine rings is 1. The summed E-state index contributed by atoms with van der Waals surface area (Å²) in [5.74, 6) is -1.02. The molecule has 0 spiro atoms. The van der Waals surface area contributed by atoms with E-state index >= 15 is 0 Å². The van der Waals surface area contributed by atoms with Crippen molar-refractivity contribution in [1.82, 2.24) is 25.6 Å². The standard InChI is InChI=1S/C19H27ClN6O3S/c1-4-7-21-13-9-26(19-22-10(3)14(30-19)18(28)29)8-6-12(13)24-17(27)16-23-11(5-2)15(20)25-16/h12-13,21H,4-9H2,1-3H3,(H,23,25)(H,24,27)(H,28,29)/t12-,13-/m1/s1. The molecule has 0 aromatic carbocycles. The lowest BCUT2D eigenvalue weighted by molar-refractivity contribution is 0.0700. The van der Waals surface area contributed by atoms with Crippen molar-refractivity contribution in [1.29, 1.82) is 0 Å². The van der Waals surface area contributed by atoms with Crippen molar-refractivity contribution < 1.29 is 14.7 Å². The van der Waals surface area contributed by atoms with E-state index < -0.39 is 5.97 Å². The smallest absolute Gasteiger partial charge is 0.347 e. The van der Waals surface area contributed by atoms with Crippen LogP contribution >= 0.6 is 22.9 Å². The zero-order chi connectivity index (χ0) is 21.8. The number of nitrogens with one attached hydrogen (secondary N) is 3. The molecular weight excluding hydrogens is 428 g/mol. The average molecular weight is 455 g/mol. The summed E-state index contributed by atoms with van der Waals surface area (Å²) in [6, 6.07) is -0.0922. The number of aromatic nitrogens is 3. The molecular formula is C19H27ClN6O3S. The van der Waals surface area contributed by atoms with Crippen LogP contribution in [0.5, 0.6) is 0 Å². The number of carboxylic acids is 1. The number of carbonyl (C=O) groups excluding carboxylic acids is 1. The lowest BCUT2D eigenvalue weighted by atomic mass is 9.99. The predicted molar refractivity (Wildman–Crippen MR) is 117 cm³/mol. The minimum Gasteiger partial charge on any atom is -0.477 e. The molecule has 1 aliphatic rings. The van der Waals surface area contributed by atoms with Crippen molar-refractivity contribution in [3.05, 3.63) is 27.2 Å². The van der Waals surface area contributed by atoms with E-state index in [4.69, 9.17) is 11.6 Å². The average Bonchev–Trinajstić information content (AvgIpc) is 3.29. The first-order valence-corrected chi connectivity index (χ1v) is 11.3. The first-order valence-electron chi connectivity index (χ1n) is 10.1. The van der Waals surface area contributed by atoms with Gasteiger partial charge in [0.05, 0.1) is 11.4 Å². The fourth-order valence-corrected chi connectivity index (χ4v) is 4.72. The number of aryl methyl sites for hydroxylation is 2. The third-order valence-electron chi connectivity index (χ3n) is 5.13. The molecule has 1 saturated heterocycles. The number of anilines is 1. The van der Waals surface area contributed by atoms with Gasteiger partial charge in [0.1, 0.15) is 4.88 Å². The van der Waals surface area contributed by atoms with E-state index in [2.05, 4.69) is 37.4 Å². The number of H-pyrrole nitrogens is 1. The topological polar surface area (TPSA) is 123 Å². The van der Waals surface area contributed by atoms with Gasteiger partial charge in [0.15, 0.2) is 16.1 Å². The van der Waals surface area contributed by atoms with Crippen molar-refractivity contribution in [2.24, 2.45) is 0 Å². The fraction of sp³-hybridized carbons (Fsp3) is 0.579. The molecule has 1 fully saturated rings. The van der Waals surface area contributed by atoms with Crippen LogP contribution in [0.15, 0.2) is 0 Å². The van der Waals surface area contributed by atoms with Crippen LogP contribution in [0.3, 0.4) is 0 Å². The highest BCUT2D eigenvalue weighted by molar-refractivity contribution is 7.17. The zero-order valence-electron chi connectivity index (χ0n) is 17.3. The Morgan fingerprint density at radius 2 is 2.10 bits per heavy atom. The summed E-state index contributed by atoms with van der Waals surface area (Å²) < 4.78 is 0.